The summed E-state index contributed by atoms with van der Waals surface area (Å²) >= 11 is 0. The number of rotatable bonds is 5. The minimum atomic E-state index is -0.990. The molecule has 0 saturated carbocycles. The maximum absolute atomic E-state index is 11.8. The molecule has 4 nitrogen and oxygen atoms in total. The van der Waals surface area contributed by atoms with Gasteiger partial charge in [-0.1, -0.05) is 42.5 Å². The van der Waals surface area contributed by atoms with Crippen molar-refractivity contribution in [1.29, 1.82) is 0 Å². The van der Waals surface area contributed by atoms with Gasteiger partial charge in [0.25, 0.3) is 0 Å². The van der Waals surface area contributed by atoms with E-state index >= 15 is 0 Å². The van der Waals surface area contributed by atoms with E-state index in [-0.39, 0.29) is 0 Å². The zero-order valence-electron chi connectivity index (χ0n) is 11.4. The molecule has 0 fully saturated rings. The maximum Gasteiger partial charge on any atom is 0.342 e. The predicted octanol–water partition coefficient (Wildman–Crippen LogP) is 3.09. The van der Waals surface area contributed by atoms with Crippen molar-refractivity contribution >= 4 is 5.97 Å². The van der Waals surface area contributed by atoms with E-state index in [1.165, 1.54) is 14.2 Å². The normalized spacial score (nSPS) is 10.6. The van der Waals surface area contributed by atoms with E-state index in [0.29, 0.717) is 5.56 Å². The number of ether oxygens (including phenoxy) is 3. The highest BCUT2D eigenvalue weighted by molar-refractivity contribution is 5.90. The van der Waals surface area contributed by atoms with Gasteiger partial charge in [-0.2, -0.15) is 0 Å². The fraction of sp³-hybridized carbons (Fsp3) is 0.188. The molecule has 104 valence electrons. The molecule has 0 aliphatic heterocycles. The SMILES string of the molecule is COC(OC)OC(=O)c1ccc(-c2ccccc2)cc1. The van der Waals surface area contributed by atoms with Gasteiger partial charge >= 0.3 is 12.4 Å². The molecule has 2 aromatic carbocycles. The van der Waals surface area contributed by atoms with Gasteiger partial charge in [-0.15, -0.1) is 0 Å². The third-order valence-corrected chi connectivity index (χ3v) is 2.82. The van der Waals surface area contributed by atoms with Gasteiger partial charge in [0.2, 0.25) is 0 Å². The lowest BCUT2D eigenvalue weighted by Crippen LogP contribution is -2.21. The molecular formula is C16H16O4. The van der Waals surface area contributed by atoms with Crippen LogP contribution >= 0.6 is 0 Å². The summed E-state index contributed by atoms with van der Waals surface area (Å²) in [5.41, 5.74) is 2.58. The summed E-state index contributed by atoms with van der Waals surface area (Å²) in [6.45, 7) is -0.990. The summed E-state index contributed by atoms with van der Waals surface area (Å²) < 4.78 is 14.6. The average molecular weight is 272 g/mol. The van der Waals surface area contributed by atoms with Crippen molar-refractivity contribution in [2.75, 3.05) is 14.2 Å². The van der Waals surface area contributed by atoms with Crippen molar-refractivity contribution in [1.82, 2.24) is 0 Å². The van der Waals surface area contributed by atoms with Crippen LogP contribution in [0.4, 0.5) is 0 Å². The van der Waals surface area contributed by atoms with E-state index in [9.17, 15) is 4.79 Å². The Balaban J connectivity index is 2.10. The van der Waals surface area contributed by atoms with Gasteiger partial charge in [-0.05, 0) is 23.3 Å². The molecule has 0 unspecified atom stereocenters. The first-order chi connectivity index (χ1) is 9.74. The van der Waals surface area contributed by atoms with Gasteiger partial charge in [0.05, 0.1) is 5.56 Å². The Labute approximate surface area is 117 Å². The molecule has 0 aliphatic rings. The molecule has 0 bridgehead atoms. The van der Waals surface area contributed by atoms with Gasteiger partial charge in [0.15, 0.2) is 0 Å². The quantitative estimate of drug-likeness (QED) is 0.620. The summed E-state index contributed by atoms with van der Waals surface area (Å²) in [4.78, 5) is 11.8. The molecule has 0 saturated heterocycles. The topological polar surface area (TPSA) is 44.8 Å². The zero-order chi connectivity index (χ0) is 14.4. The molecule has 0 amide bonds. The molecule has 2 aromatic rings. The van der Waals surface area contributed by atoms with E-state index in [1.807, 2.05) is 42.5 Å². The van der Waals surface area contributed by atoms with Crippen LogP contribution in [0.3, 0.4) is 0 Å². The number of methoxy groups -OCH3 is 2. The van der Waals surface area contributed by atoms with Gasteiger partial charge in [-0.25, -0.2) is 4.79 Å². The second-order valence-electron chi connectivity index (χ2n) is 4.11. The van der Waals surface area contributed by atoms with Crippen molar-refractivity contribution in [2.24, 2.45) is 0 Å². The number of hydrogen-bond acceptors (Lipinski definition) is 4. The van der Waals surface area contributed by atoms with Crippen LogP contribution in [0.25, 0.3) is 11.1 Å². The lowest BCUT2D eigenvalue weighted by Gasteiger charge is -2.13. The number of hydrogen-bond donors (Lipinski definition) is 0. The highest BCUT2D eigenvalue weighted by Gasteiger charge is 2.14. The molecule has 2 rings (SSSR count). The highest BCUT2D eigenvalue weighted by Crippen LogP contribution is 2.19. The van der Waals surface area contributed by atoms with Crippen LogP contribution in [0.2, 0.25) is 0 Å². The number of esters is 1. The van der Waals surface area contributed by atoms with E-state index in [0.717, 1.165) is 11.1 Å². The third-order valence-electron chi connectivity index (χ3n) is 2.82. The van der Waals surface area contributed by atoms with Crippen molar-refractivity contribution in [3.63, 3.8) is 0 Å². The Hall–Kier alpha value is -2.17. The smallest absolute Gasteiger partial charge is 0.342 e. The summed E-state index contributed by atoms with van der Waals surface area (Å²) in [6, 6.07) is 17.1. The average Bonchev–Trinajstić information content (AvgIpc) is 2.53. The van der Waals surface area contributed by atoms with Crippen molar-refractivity contribution in [3.05, 3.63) is 60.2 Å². The molecule has 0 atom stereocenters. The predicted molar refractivity (Wildman–Crippen MR) is 75.1 cm³/mol. The van der Waals surface area contributed by atoms with Crippen LogP contribution < -0.4 is 0 Å². The van der Waals surface area contributed by atoms with Gasteiger partial charge in [0, 0.05) is 14.2 Å². The molecule has 0 aliphatic carbocycles. The molecule has 4 heteroatoms. The van der Waals surface area contributed by atoms with Crippen LogP contribution in [0, 0.1) is 0 Å². The molecule has 0 radical (unpaired) electrons. The number of carbonyl (C=O) groups is 1. The largest absolute Gasteiger partial charge is 0.407 e. The third kappa shape index (κ3) is 3.44. The van der Waals surface area contributed by atoms with E-state index < -0.39 is 12.4 Å². The fourth-order valence-electron chi connectivity index (χ4n) is 1.78. The summed E-state index contributed by atoms with van der Waals surface area (Å²) in [5, 5.41) is 0. The summed E-state index contributed by atoms with van der Waals surface area (Å²) in [6.07, 6.45) is 0. The Morgan fingerprint density at radius 2 is 1.40 bits per heavy atom. The lowest BCUT2D eigenvalue weighted by atomic mass is 10.0. The van der Waals surface area contributed by atoms with Crippen LogP contribution in [-0.2, 0) is 14.2 Å². The Morgan fingerprint density at radius 3 is 1.95 bits per heavy atom. The van der Waals surface area contributed by atoms with Crippen LogP contribution in [0.1, 0.15) is 10.4 Å². The molecule has 0 heterocycles. The standard InChI is InChI=1S/C16H16O4/c1-18-16(19-2)20-15(17)14-10-8-13(9-11-14)12-6-4-3-5-7-12/h3-11,16H,1-2H3. The molecule has 20 heavy (non-hydrogen) atoms. The first-order valence-corrected chi connectivity index (χ1v) is 6.16. The van der Waals surface area contributed by atoms with Crippen LogP contribution in [-0.4, -0.2) is 26.7 Å². The second kappa shape index (κ2) is 6.84. The Kier molecular flexibility index (Phi) is 4.87. The van der Waals surface area contributed by atoms with Gasteiger partial charge in [-0.3, -0.25) is 0 Å². The first-order valence-electron chi connectivity index (χ1n) is 6.16. The van der Waals surface area contributed by atoms with Crippen LogP contribution in [0.15, 0.2) is 54.6 Å². The first kappa shape index (κ1) is 14.2. The molecule has 0 N–H and O–H groups in total. The van der Waals surface area contributed by atoms with E-state index in [1.54, 1.807) is 12.1 Å². The van der Waals surface area contributed by atoms with Gasteiger partial charge < -0.3 is 14.2 Å². The molecular weight excluding hydrogens is 256 g/mol. The summed E-state index contributed by atoms with van der Waals surface area (Å²) in [5.74, 6) is -0.488. The highest BCUT2D eigenvalue weighted by atomic mass is 16.8. The lowest BCUT2D eigenvalue weighted by molar-refractivity contribution is -0.235. The monoisotopic (exact) mass is 272 g/mol. The minimum absolute atomic E-state index is 0.448. The fourth-order valence-corrected chi connectivity index (χ4v) is 1.78. The molecule has 0 spiro atoms. The Bertz CT molecular complexity index is 544. The van der Waals surface area contributed by atoms with E-state index in [2.05, 4.69) is 0 Å². The van der Waals surface area contributed by atoms with Crippen molar-refractivity contribution in [2.45, 2.75) is 6.48 Å². The summed E-state index contributed by atoms with van der Waals surface area (Å²) in [7, 11) is 2.81. The van der Waals surface area contributed by atoms with Gasteiger partial charge in [0.1, 0.15) is 0 Å². The van der Waals surface area contributed by atoms with Crippen molar-refractivity contribution in [3.8, 4) is 11.1 Å². The number of benzene rings is 2. The van der Waals surface area contributed by atoms with E-state index in [4.69, 9.17) is 14.2 Å². The maximum atomic E-state index is 11.8. The minimum Gasteiger partial charge on any atom is -0.407 e. The Morgan fingerprint density at radius 1 is 0.850 bits per heavy atom. The zero-order valence-corrected chi connectivity index (χ0v) is 11.4. The second-order valence-corrected chi connectivity index (χ2v) is 4.11. The van der Waals surface area contributed by atoms with Crippen LogP contribution in [0.5, 0.6) is 0 Å². The number of carbonyl (C=O) groups excluding carboxylic acids is 1. The molecule has 0 aromatic heterocycles. The van der Waals surface area contributed by atoms with Crippen molar-refractivity contribution < 1.29 is 19.0 Å².